The smallest absolute Gasteiger partial charge is 0.306 e. The van der Waals surface area contributed by atoms with E-state index in [1.54, 1.807) is 21.1 Å². The summed E-state index contributed by atoms with van der Waals surface area (Å²) in [4.78, 5) is 36.8. The fraction of sp³-hybridized carbons (Fsp3) is 0.809. The van der Waals surface area contributed by atoms with Gasteiger partial charge in [-0.3, -0.25) is 9.59 Å². The first kappa shape index (κ1) is 52.6. The summed E-state index contributed by atoms with van der Waals surface area (Å²) in [5, 5.41) is 11.6. The Kier molecular flexibility index (Phi) is 36.7. The van der Waals surface area contributed by atoms with Gasteiger partial charge in [0.25, 0.3) is 0 Å². The van der Waals surface area contributed by atoms with Crippen molar-refractivity contribution in [2.75, 3.05) is 41.0 Å². The van der Waals surface area contributed by atoms with E-state index in [1.807, 2.05) is 0 Å². The van der Waals surface area contributed by atoms with E-state index in [1.165, 1.54) is 109 Å². The lowest BCUT2D eigenvalue weighted by atomic mass is 10.1. The zero-order chi connectivity index (χ0) is 40.7. The zero-order valence-electron chi connectivity index (χ0n) is 36.3. The van der Waals surface area contributed by atoms with Gasteiger partial charge in [0.2, 0.25) is 0 Å². The van der Waals surface area contributed by atoms with E-state index in [2.05, 4.69) is 50.3 Å². The third-order valence-corrected chi connectivity index (χ3v) is 10.0. The Hall–Kier alpha value is -2.45. The van der Waals surface area contributed by atoms with Gasteiger partial charge in [-0.1, -0.05) is 153 Å². The molecule has 0 amide bonds. The molecule has 2 atom stereocenters. The first-order valence-corrected chi connectivity index (χ1v) is 22.5. The van der Waals surface area contributed by atoms with E-state index in [0.717, 1.165) is 51.4 Å². The number of quaternary nitrogens is 1. The predicted molar refractivity (Wildman–Crippen MR) is 227 cm³/mol. The molecule has 0 bridgehead atoms. The number of carboxylic acid groups (broad SMARTS) is 1. The number of likely N-dealkylation sites (N-methyl/N-ethyl adjacent to an activating group) is 1. The minimum atomic E-state index is -1.13. The molecule has 0 saturated heterocycles. The number of esters is 2. The molecule has 320 valence electrons. The second kappa shape index (κ2) is 38.4. The highest BCUT2D eigenvalue weighted by molar-refractivity contribution is 5.70. The molecule has 0 aliphatic heterocycles. The van der Waals surface area contributed by atoms with Crippen LogP contribution < -0.4 is 5.11 Å². The Balaban J connectivity index is 4.27. The molecule has 0 heterocycles. The van der Waals surface area contributed by atoms with Gasteiger partial charge in [0.15, 0.2) is 6.10 Å². The van der Waals surface area contributed by atoms with Crippen LogP contribution in [0.25, 0.3) is 0 Å². The van der Waals surface area contributed by atoms with Crippen molar-refractivity contribution < 1.29 is 38.2 Å². The van der Waals surface area contributed by atoms with E-state index in [-0.39, 0.29) is 49.1 Å². The molecule has 0 aromatic carbocycles. The number of hydrogen-bond acceptors (Lipinski definition) is 7. The van der Waals surface area contributed by atoms with Crippen LogP contribution in [0, 0.1) is 0 Å². The maximum absolute atomic E-state index is 12.7. The van der Waals surface area contributed by atoms with Gasteiger partial charge in [0, 0.05) is 19.3 Å². The Morgan fingerprint density at radius 1 is 0.545 bits per heavy atom. The van der Waals surface area contributed by atoms with Crippen LogP contribution in [0.1, 0.15) is 194 Å². The zero-order valence-corrected chi connectivity index (χ0v) is 36.3. The molecule has 0 aromatic rings. The topological polar surface area (TPSA) is 102 Å². The van der Waals surface area contributed by atoms with Crippen molar-refractivity contribution >= 4 is 17.9 Å². The van der Waals surface area contributed by atoms with Gasteiger partial charge >= 0.3 is 11.9 Å². The summed E-state index contributed by atoms with van der Waals surface area (Å²) in [5.74, 6) is -1.77. The highest BCUT2D eigenvalue weighted by Crippen LogP contribution is 2.14. The summed E-state index contributed by atoms with van der Waals surface area (Å²) in [5.41, 5.74) is 0. The van der Waals surface area contributed by atoms with Crippen LogP contribution in [-0.2, 0) is 28.6 Å². The van der Waals surface area contributed by atoms with Crippen LogP contribution >= 0.6 is 0 Å². The molecule has 55 heavy (non-hydrogen) atoms. The third kappa shape index (κ3) is 36.9. The summed E-state index contributed by atoms with van der Waals surface area (Å²) in [6.07, 6.45) is 43.2. The first-order chi connectivity index (χ1) is 26.6. The monoisotopic (exact) mass is 776 g/mol. The molecule has 0 aliphatic rings. The Bertz CT molecular complexity index is 1000. The number of aliphatic carboxylic acids is 1. The molecular weight excluding hydrogens is 691 g/mol. The number of carboxylic acids is 1. The molecule has 0 aromatic heterocycles. The molecule has 0 aliphatic carbocycles. The Morgan fingerprint density at radius 3 is 1.49 bits per heavy atom. The summed E-state index contributed by atoms with van der Waals surface area (Å²) < 4.78 is 17.1. The lowest BCUT2D eigenvalue weighted by Crippen LogP contribution is -2.55. The van der Waals surface area contributed by atoms with E-state index in [9.17, 15) is 19.5 Å². The third-order valence-electron chi connectivity index (χ3n) is 10.0. The van der Waals surface area contributed by atoms with Crippen LogP contribution in [0.15, 0.2) is 36.5 Å². The largest absolute Gasteiger partial charge is 0.544 e. The van der Waals surface area contributed by atoms with Crippen molar-refractivity contribution in [1.29, 1.82) is 0 Å². The molecular formula is C47H85NO7. The number of rotatable bonds is 40. The minimum absolute atomic E-state index is 0.0294. The summed E-state index contributed by atoms with van der Waals surface area (Å²) in [6.45, 7) is 4.58. The summed E-state index contributed by atoms with van der Waals surface area (Å²) in [7, 11) is 5.39. The molecule has 0 N–H and O–H groups in total. The van der Waals surface area contributed by atoms with Crippen LogP contribution in [0.5, 0.6) is 0 Å². The fourth-order valence-electron chi connectivity index (χ4n) is 6.45. The molecule has 8 nitrogen and oxygen atoms in total. The first-order valence-electron chi connectivity index (χ1n) is 22.5. The summed E-state index contributed by atoms with van der Waals surface area (Å²) in [6, 6.07) is -0.730. The van der Waals surface area contributed by atoms with Gasteiger partial charge in [0.1, 0.15) is 12.6 Å². The molecule has 0 radical (unpaired) electrons. The number of carbonyl (C=O) groups excluding carboxylic acids is 3. The Morgan fingerprint density at radius 2 is 0.982 bits per heavy atom. The number of carbonyl (C=O) groups is 3. The number of hydrogen-bond donors (Lipinski definition) is 0. The SMILES string of the molecule is CCCC/C=C/C=C/CCCCCC(=O)OC(COCCC(C(=O)[O-])[N+](C)(C)C)COC(=O)CCCCCCCCC/C=C/CCCCCCCCCCC. The second-order valence-electron chi connectivity index (χ2n) is 16.3. The van der Waals surface area contributed by atoms with E-state index in [0.29, 0.717) is 6.42 Å². The van der Waals surface area contributed by atoms with Gasteiger partial charge in [-0.05, 0) is 57.8 Å². The normalized spacial score (nSPS) is 13.3. The van der Waals surface area contributed by atoms with Crippen molar-refractivity contribution in [2.24, 2.45) is 0 Å². The average Bonchev–Trinajstić information content (AvgIpc) is 3.14. The minimum Gasteiger partial charge on any atom is -0.544 e. The molecule has 0 spiro atoms. The van der Waals surface area contributed by atoms with Crippen molar-refractivity contribution in [3.8, 4) is 0 Å². The van der Waals surface area contributed by atoms with Crippen molar-refractivity contribution in [2.45, 2.75) is 206 Å². The van der Waals surface area contributed by atoms with Crippen LogP contribution in [0.3, 0.4) is 0 Å². The Labute approximate surface area is 338 Å². The second-order valence-corrected chi connectivity index (χ2v) is 16.3. The van der Waals surface area contributed by atoms with E-state index in [4.69, 9.17) is 14.2 Å². The lowest BCUT2D eigenvalue weighted by molar-refractivity contribution is -0.889. The van der Waals surface area contributed by atoms with Crippen molar-refractivity contribution in [3.05, 3.63) is 36.5 Å². The maximum Gasteiger partial charge on any atom is 0.306 e. The number of allylic oxidation sites excluding steroid dienone is 6. The predicted octanol–water partition coefficient (Wildman–Crippen LogP) is 10.9. The standard InChI is InChI=1S/C47H85NO7/c1-6-8-10-12-14-16-18-19-20-21-22-23-24-25-26-28-29-31-33-35-37-45(49)54-42-43(41-53-40-39-44(47(51)52)48(3,4)5)55-46(50)38-36-34-32-30-27-17-15-13-11-9-7-2/h13,15,17,22-23,27,43-44H,6-12,14,16,18-21,24-26,28-42H2,1-5H3/b15-13+,23-22+,27-17+. The molecule has 0 saturated carbocycles. The van der Waals surface area contributed by atoms with Crippen molar-refractivity contribution in [3.63, 3.8) is 0 Å². The molecule has 8 heteroatoms. The van der Waals surface area contributed by atoms with Gasteiger partial charge in [-0.2, -0.15) is 0 Å². The van der Waals surface area contributed by atoms with Crippen LogP contribution in [0.4, 0.5) is 0 Å². The number of unbranched alkanes of at least 4 members (excludes halogenated alkanes) is 21. The van der Waals surface area contributed by atoms with E-state index < -0.39 is 18.1 Å². The lowest BCUT2D eigenvalue weighted by Gasteiger charge is -2.34. The molecule has 0 rings (SSSR count). The fourth-order valence-corrected chi connectivity index (χ4v) is 6.45. The van der Waals surface area contributed by atoms with Gasteiger partial charge in [0.05, 0.1) is 40.3 Å². The van der Waals surface area contributed by atoms with Crippen LogP contribution in [-0.4, -0.2) is 75.5 Å². The van der Waals surface area contributed by atoms with Gasteiger partial charge in [-0.15, -0.1) is 0 Å². The van der Waals surface area contributed by atoms with Crippen molar-refractivity contribution in [1.82, 2.24) is 0 Å². The van der Waals surface area contributed by atoms with Gasteiger partial charge < -0.3 is 28.6 Å². The van der Waals surface area contributed by atoms with Gasteiger partial charge in [-0.25, -0.2) is 0 Å². The molecule has 0 fully saturated rings. The molecule has 2 unspecified atom stereocenters. The van der Waals surface area contributed by atoms with Crippen LogP contribution in [0.2, 0.25) is 0 Å². The quantitative estimate of drug-likeness (QED) is 0.0201. The number of nitrogens with zero attached hydrogens (tertiary/aromatic N) is 1. The highest BCUT2D eigenvalue weighted by atomic mass is 16.6. The maximum atomic E-state index is 12.7. The number of ether oxygens (including phenoxy) is 3. The van der Waals surface area contributed by atoms with E-state index >= 15 is 0 Å². The average molecular weight is 776 g/mol. The summed E-state index contributed by atoms with van der Waals surface area (Å²) >= 11 is 0. The highest BCUT2D eigenvalue weighted by Gasteiger charge is 2.25.